The fraction of sp³-hybridized carbons (Fsp3) is 0.273. The van der Waals surface area contributed by atoms with Crippen molar-refractivity contribution in [3.8, 4) is 0 Å². The molecule has 8 nitrogen and oxygen atoms in total. The Morgan fingerprint density at radius 3 is 2.58 bits per heavy atom. The molecule has 0 spiro atoms. The highest BCUT2D eigenvalue weighted by Crippen LogP contribution is 2.34. The molecule has 1 aliphatic heterocycles. The third-order valence-electron chi connectivity index (χ3n) is 4.65. The van der Waals surface area contributed by atoms with Gasteiger partial charge in [-0.1, -0.05) is 24.3 Å². The van der Waals surface area contributed by atoms with E-state index < -0.39 is 28.5 Å². The Morgan fingerprint density at radius 1 is 1.16 bits per heavy atom. The summed E-state index contributed by atoms with van der Waals surface area (Å²) in [6.07, 6.45) is 0. The normalized spacial score (nSPS) is 15.8. The first kappa shape index (κ1) is 22.4. The van der Waals surface area contributed by atoms with Crippen LogP contribution in [0.2, 0.25) is 0 Å². The van der Waals surface area contributed by atoms with Gasteiger partial charge in [0, 0.05) is 5.69 Å². The van der Waals surface area contributed by atoms with E-state index in [0.717, 1.165) is 22.2 Å². The Kier molecular flexibility index (Phi) is 6.96. The van der Waals surface area contributed by atoms with E-state index in [4.69, 9.17) is 9.84 Å². The van der Waals surface area contributed by atoms with Crippen LogP contribution in [-0.4, -0.2) is 51.6 Å². The third kappa shape index (κ3) is 5.24. The number of thioether (sulfide) groups is 1. The number of imide groups is 1. The highest BCUT2D eigenvalue weighted by atomic mass is 32.2. The fourth-order valence-electron chi connectivity index (χ4n) is 3.22. The van der Waals surface area contributed by atoms with Gasteiger partial charge >= 0.3 is 11.9 Å². The Balaban J connectivity index is 1.86. The number of rotatable bonds is 8. The number of carboxylic acid groups (broad SMARTS) is 1. The van der Waals surface area contributed by atoms with Crippen molar-refractivity contribution in [1.29, 1.82) is 0 Å². The van der Waals surface area contributed by atoms with Crippen molar-refractivity contribution in [3.05, 3.63) is 65.2 Å². The summed E-state index contributed by atoms with van der Waals surface area (Å²) in [5.41, 5.74) is 2.16. The summed E-state index contributed by atoms with van der Waals surface area (Å²) in [4.78, 5) is 51.8. The monoisotopic (exact) mass is 442 g/mol. The summed E-state index contributed by atoms with van der Waals surface area (Å²) in [5, 5.41) is 7.77. The maximum Gasteiger partial charge on any atom is 0.335 e. The van der Waals surface area contributed by atoms with E-state index in [9.17, 15) is 19.2 Å². The molecule has 1 heterocycles. The van der Waals surface area contributed by atoms with Crippen LogP contribution >= 0.6 is 11.8 Å². The number of anilines is 1. The minimum absolute atomic E-state index is 0.0522. The smallest absolute Gasteiger partial charge is 0.335 e. The molecule has 1 atom stereocenters. The SMILES string of the molecule is CCOC(=O)CN(c1cccc(C)c1)[C@@H]1SC(=O)N(Cc2cccc(C(=O)O)c2)C1=O. The molecule has 0 radical (unpaired) electrons. The maximum absolute atomic E-state index is 13.2. The van der Waals surface area contributed by atoms with E-state index in [2.05, 4.69) is 0 Å². The second kappa shape index (κ2) is 9.65. The van der Waals surface area contributed by atoms with Crippen LogP contribution in [0.25, 0.3) is 0 Å². The quantitative estimate of drug-likeness (QED) is 0.621. The van der Waals surface area contributed by atoms with Crippen LogP contribution in [0.4, 0.5) is 10.5 Å². The molecule has 162 valence electrons. The van der Waals surface area contributed by atoms with Crippen LogP contribution in [0.5, 0.6) is 0 Å². The first-order valence-electron chi connectivity index (χ1n) is 9.63. The molecule has 1 fully saturated rings. The Hall–Kier alpha value is -3.33. The van der Waals surface area contributed by atoms with E-state index in [0.29, 0.717) is 11.3 Å². The van der Waals surface area contributed by atoms with Gasteiger partial charge in [0.25, 0.3) is 11.1 Å². The topological polar surface area (TPSA) is 104 Å². The third-order valence-corrected chi connectivity index (χ3v) is 5.75. The van der Waals surface area contributed by atoms with Gasteiger partial charge < -0.3 is 14.7 Å². The highest BCUT2D eigenvalue weighted by Gasteiger charge is 2.44. The Morgan fingerprint density at radius 2 is 1.90 bits per heavy atom. The largest absolute Gasteiger partial charge is 0.478 e. The van der Waals surface area contributed by atoms with Crippen molar-refractivity contribution < 1.29 is 29.0 Å². The highest BCUT2D eigenvalue weighted by molar-refractivity contribution is 8.15. The van der Waals surface area contributed by atoms with Crippen LogP contribution in [0.15, 0.2) is 48.5 Å². The minimum atomic E-state index is -1.09. The lowest BCUT2D eigenvalue weighted by Gasteiger charge is -2.28. The standard InChI is InChI=1S/C22H22N2O6S/c1-3-30-18(25)13-23(17-9-4-6-14(2)10-17)20-19(26)24(22(29)31-20)12-15-7-5-8-16(11-15)21(27)28/h4-11,20H,3,12-13H2,1-2H3,(H,27,28)/t20-/m1/s1. The summed E-state index contributed by atoms with van der Waals surface area (Å²) in [5.74, 6) is -2.06. The van der Waals surface area contributed by atoms with Crippen molar-refractivity contribution in [2.24, 2.45) is 0 Å². The van der Waals surface area contributed by atoms with E-state index in [-0.39, 0.29) is 25.3 Å². The molecule has 31 heavy (non-hydrogen) atoms. The van der Waals surface area contributed by atoms with Gasteiger partial charge in [-0.15, -0.1) is 0 Å². The van der Waals surface area contributed by atoms with Crippen LogP contribution in [0, 0.1) is 6.92 Å². The van der Waals surface area contributed by atoms with Crippen molar-refractivity contribution >= 4 is 40.5 Å². The van der Waals surface area contributed by atoms with Gasteiger partial charge in [0.2, 0.25) is 0 Å². The molecule has 0 unspecified atom stereocenters. The Bertz CT molecular complexity index is 1020. The first-order valence-corrected chi connectivity index (χ1v) is 10.5. The summed E-state index contributed by atoms with van der Waals surface area (Å²) in [7, 11) is 0. The first-order chi connectivity index (χ1) is 14.8. The molecule has 2 amide bonds. The van der Waals surface area contributed by atoms with Gasteiger partial charge in [0.1, 0.15) is 6.54 Å². The zero-order valence-corrected chi connectivity index (χ0v) is 17.9. The summed E-state index contributed by atoms with van der Waals surface area (Å²) in [6, 6.07) is 13.4. The molecule has 0 bridgehead atoms. The summed E-state index contributed by atoms with van der Waals surface area (Å²) < 4.78 is 5.05. The van der Waals surface area contributed by atoms with Crippen molar-refractivity contribution in [2.45, 2.75) is 25.8 Å². The number of amides is 2. The molecule has 1 aliphatic rings. The molecule has 9 heteroatoms. The molecule has 0 saturated carbocycles. The number of carbonyl (C=O) groups excluding carboxylic acids is 3. The van der Waals surface area contributed by atoms with Crippen LogP contribution in [0.3, 0.4) is 0 Å². The number of carboxylic acids is 1. The van der Waals surface area contributed by atoms with Gasteiger partial charge in [-0.2, -0.15) is 0 Å². The average molecular weight is 442 g/mol. The van der Waals surface area contributed by atoms with E-state index in [1.54, 1.807) is 30.0 Å². The van der Waals surface area contributed by atoms with Crippen LogP contribution < -0.4 is 4.90 Å². The van der Waals surface area contributed by atoms with Gasteiger partial charge in [-0.3, -0.25) is 19.3 Å². The number of benzene rings is 2. The average Bonchev–Trinajstić information content (AvgIpc) is 3.00. The number of ether oxygens (including phenoxy) is 1. The molecule has 1 saturated heterocycles. The van der Waals surface area contributed by atoms with Gasteiger partial charge in [-0.05, 0) is 61.0 Å². The number of nitrogens with zero attached hydrogens (tertiary/aromatic N) is 2. The number of aromatic carboxylic acids is 1. The lowest BCUT2D eigenvalue weighted by atomic mass is 10.1. The molecular formula is C22H22N2O6S. The van der Waals surface area contributed by atoms with E-state index >= 15 is 0 Å². The van der Waals surface area contributed by atoms with Crippen molar-refractivity contribution in [2.75, 3.05) is 18.1 Å². The van der Waals surface area contributed by atoms with Crippen LogP contribution in [0.1, 0.15) is 28.4 Å². The van der Waals surface area contributed by atoms with E-state index in [1.165, 1.54) is 12.1 Å². The zero-order valence-electron chi connectivity index (χ0n) is 17.1. The molecular weight excluding hydrogens is 420 g/mol. The van der Waals surface area contributed by atoms with Gasteiger partial charge in [-0.25, -0.2) is 4.79 Å². The lowest BCUT2D eigenvalue weighted by Crippen LogP contribution is -2.44. The number of carbonyl (C=O) groups is 4. The van der Waals surface area contributed by atoms with Gasteiger partial charge in [0.15, 0.2) is 5.37 Å². The number of aryl methyl sites for hydroxylation is 1. The predicted octanol–water partition coefficient (Wildman–Crippen LogP) is 3.28. The van der Waals surface area contributed by atoms with Gasteiger partial charge in [0.05, 0.1) is 18.7 Å². The Labute approximate surface area is 183 Å². The number of hydrogen-bond acceptors (Lipinski definition) is 7. The molecule has 2 aromatic carbocycles. The zero-order chi connectivity index (χ0) is 22.5. The molecule has 0 aromatic heterocycles. The number of hydrogen-bond donors (Lipinski definition) is 1. The lowest BCUT2D eigenvalue weighted by molar-refractivity contribution is -0.141. The summed E-state index contributed by atoms with van der Waals surface area (Å²) in [6.45, 7) is 3.56. The molecule has 3 rings (SSSR count). The van der Waals surface area contributed by atoms with Crippen molar-refractivity contribution in [3.63, 3.8) is 0 Å². The fourth-order valence-corrected chi connectivity index (χ4v) is 4.24. The second-order valence-corrected chi connectivity index (χ2v) is 7.97. The molecule has 2 aromatic rings. The molecule has 1 N–H and O–H groups in total. The van der Waals surface area contributed by atoms with Crippen molar-refractivity contribution in [1.82, 2.24) is 4.90 Å². The van der Waals surface area contributed by atoms with Crippen LogP contribution in [-0.2, 0) is 20.9 Å². The predicted molar refractivity (Wildman–Crippen MR) is 116 cm³/mol. The second-order valence-electron chi connectivity index (χ2n) is 6.94. The number of esters is 1. The summed E-state index contributed by atoms with van der Waals surface area (Å²) >= 11 is 0.820. The minimum Gasteiger partial charge on any atom is -0.478 e. The van der Waals surface area contributed by atoms with E-state index in [1.807, 2.05) is 25.1 Å². The molecule has 0 aliphatic carbocycles. The maximum atomic E-state index is 13.2.